The van der Waals surface area contributed by atoms with Gasteiger partial charge in [0.05, 0.1) is 0 Å². The molecule has 0 aliphatic heterocycles. The lowest BCUT2D eigenvalue weighted by molar-refractivity contribution is 0.178. The van der Waals surface area contributed by atoms with E-state index in [0.717, 1.165) is 24.7 Å². The van der Waals surface area contributed by atoms with Gasteiger partial charge in [0.1, 0.15) is 18.2 Å². The minimum Gasteiger partial charge on any atom is -0.377 e. The Labute approximate surface area is 116 Å². The second-order valence-electron chi connectivity index (χ2n) is 4.76. The van der Waals surface area contributed by atoms with Crippen LogP contribution in [-0.2, 0) is 11.3 Å². The third-order valence-corrected chi connectivity index (χ3v) is 3.22. The summed E-state index contributed by atoms with van der Waals surface area (Å²) in [5, 5.41) is 3.08. The summed E-state index contributed by atoms with van der Waals surface area (Å²) in [6.07, 6.45) is 1.17. The van der Waals surface area contributed by atoms with Gasteiger partial charge in [-0.05, 0) is 12.8 Å². The quantitative estimate of drug-likeness (QED) is 0.783. The fraction of sp³-hybridized carbons (Fsp3) is 0.714. The van der Waals surface area contributed by atoms with E-state index in [4.69, 9.17) is 4.74 Å². The van der Waals surface area contributed by atoms with Gasteiger partial charge in [-0.15, -0.1) is 0 Å². The number of ether oxygens (including phenoxy) is 1. The number of hydrogen-bond acceptors (Lipinski definition) is 5. The van der Waals surface area contributed by atoms with Crippen molar-refractivity contribution in [1.82, 2.24) is 9.97 Å². The summed E-state index contributed by atoms with van der Waals surface area (Å²) in [4.78, 5) is 11.3. The van der Waals surface area contributed by atoms with Gasteiger partial charge in [-0.3, -0.25) is 0 Å². The molecule has 1 heterocycles. The summed E-state index contributed by atoms with van der Waals surface area (Å²) in [5.74, 6) is 3.17. The van der Waals surface area contributed by atoms with Gasteiger partial charge < -0.3 is 15.0 Å². The molecule has 0 aromatic carbocycles. The number of aromatic nitrogens is 2. The highest BCUT2D eigenvalue weighted by atomic mass is 16.5. The zero-order valence-corrected chi connectivity index (χ0v) is 12.7. The van der Waals surface area contributed by atoms with Crippen LogP contribution in [0, 0.1) is 5.92 Å². The molecule has 1 aromatic heterocycles. The summed E-state index contributed by atoms with van der Waals surface area (Å²) in [6, 6.07) is 1.99. The highest BCUT2D eigenvalue weighted by molar-refractivity contribution is 5.49. The third-order valence-electron chi connectivity index (χ3n) is 3.22. The Morgan fingerprint density at radius 3 is 2.63 bits per heavy atom. The molecule has 0 saturated carbocycles. The van der Waals surface area contributed by atoms with Crippen molar-refractivity contribution >= 4 is 11.6 Å². The lowest BCUT2D eigenvalue weighted by Gasteiger charge is -2.25. The molecule has 1 unspecified atom stereocenters. The van der Waals surface area contributed by atoms with Crippen molar-refractivity contribution < 1.29 is 4.74 Å². The monoisotopic (exact) mass is 266 g/mol. The van der Waals surface area contributed by atoms with Crippen LogP contribution in [0.1, 0.15) is 33.0 Å². The molecule has 0 spiro atoms. The van der Waals surface area contributed by atoms with E-state index in [0.29, 0.717) is 18.3 Å². The van der Waals surface area contributed by atoms with E-state index >= 15 is 0 Å². The predicted molar refractivity (Wildman–Crippen MR) is 79.6 cm³/mol. The average Bonchev–Trinajstić information content (AvgIpc) is 2.44. The minimum atomic E-state index is 0.434. The van der Waals surface area contributed by atoms with Crippen LogP contribution in [-0.4, -0.2) is 37.2 Å². The van der Waals surface area contributed by atoms with Gasteiger partial charge in [0.2, 0.25) is 0 Å². The Kier molecular flexibility index (Phi) is 6.56. The van der Waals surface area contributed by atoms with Crippen LogP contribution in [0.15, 0.2) is 6.07 Å². The predicted octanol–water partition coefficient (Wildman–Crippen LogP) is 2.54. The first kappa shape index (κ1) is 15.7. The molecular formula is C14H26N4O. The number of hydrogen-bond donors (Lipinski definition) is 1. The van der Waals surface area contributed by atoms with Crippen LogP contribution in [0.4, 0.5) is 11.6 Å². The van der Waals surface area contributed by atoms with Crippen LogP contribution in [0.5, 0.6) is 0 Å². The Bertz CT molecular complexity index is 384. The maximum absolute atomic E-state index is 5.13. The van der Waals surface area contributed by atoms with Crippen molar-refractivity contribution in [3.63, 3.8) is 0 Å². The highest BCUT2D eigenvalue weighted by Crippen LogP contribution is 2.18. The Balaban J connectivity index is 2.97. The summed E-state index contributed by atoms with van der Waals surface area (Å²) in [7, 11) is 3.53. The molecule has 1 N–H and O–H groups in total. The van der Waals surface area contributed by atoms with Gasteiger partial charge in [0, 0.05) is 33.3 Å². The van der Waals surface area contributed by atoms with Crippen molar-refractivity contribution in [2.45, 2.75) is 33.8 Å². The van der Waals surface area contributed by atoms with E-state index in [9.17, 15) is 0 Å². The zero-order chi connectivity index (χ0) is 14.3. The number of anilines is 2. The van der Waals surface area contributed by atoms with E-state index in [2.05, 4.69) is 41.0 Å². The molecule has 0 amide bonds. The maximum atomic E-state index is 5.13. The standard InChI is InChI=1S/C14H26N4O/c1-6-11(3)9-18(7-2)14-8-12(15-4)16-13(17-14)10-19-5/h8,11H,6-7,9-10H2,1-5H3,(H,15,16,17). The lowest BCUT2D eigenvalue weighted by atomic mass is 10.1. The molecule has 5 heteroatoms. The second kappa shape index (κ2) is 7.94. The fourth-order valence-corrected chi connectivity index (χ4v) is 1.86. The molecular weight excluding hydrogens is 240 g/mol. The molecule has 0 radical (unpaired) electrons. The smallest absolute Gasteiger partial charge is 0.158 e. The molecule has 0 bridgehead atoms. The van der Waals surface area contributed by atoms with Crippen LogP contribution in [0.25, 0.3) is 0 Å². The maximum Gasteiger partial charge on any atom is 0.158 e. The molecule has 0 fully saturated rings. The summed E-state index contributed by atoms with van der Waals surface area (Å²) < 4.78 is 5.13. The molecule has 5 nitrogen and oxygen atoms in total. The summed E-state index contributed by atoms with van der Waals surface area (Å²) >= 11 is 0. The SMILES string of the molecule is CCC(C)CN(CC)c1cc(NC)nc(COC)n1. The molecule has 108 valence electrons. The number of nitrogens with zero attached hydrogens (tertiary/aromatic N) is 3. The van der Waals surface area contributed by atoms with Gasteiger partial charge >= 0.3 is 0 Å². The largest absolute Gasteiger partial charge is 0.377 e. The zero-order valence-electron chi connectivity index (χ0n) is 12.7. The molecule has 0 saturated heterocycles. The van der Waals surface area contributed by atoms with E-state index in [-0.39, 0.29) is 0 Å². The van der Waals surface area contributed by atoms with Crippen molar-refractivity contribution in [3.05, 3.63) is 11.9 Å². The average molecular weight is 266 g/mol. The normalized spacial score (nSPS) is 12.3. The lowest BCUT2D eigenvalue weighted by Crippen LogP contribution is -2.29. The topological polar surface area (TPSA) is 50.3 Å². The minimum absolute atomic E-state index is 0.434. The molecule has 1 aromatic rings. The van der Waals surface area contributed by atoms with Gasteiger partial charge in [0.25, 0.3) is 0 Å². The number of methoxy groups -OCH3 is 1. The van der Waals surface area contributed by atoms with E-state index in [1.54, 1.807) is 7.11 Å². The highest BCUT2D eigenvalue weighted by Gasteiger charge is 2.12. The summed E-state index contributed by atoms with van der Waals surface area (Å²) in [5.41, 5.74) is 0. The van der Waals surface area contributed by atoms with E-state index < -0.39 is 0 Å². The number of nitrogens with one attached hydrogen (secondary N) is 1. The van der Waals surface area contributed by atoms with Crippen molar-refractivity contribution in [2.24, 2.45) is 5.92 Å². The second-order valence-corrected chi connectivity index (χ2v) is 4.76. The van der Waals surface area contributed by atoms with Gasteiger partial charge in [-0.1, -0.05) is 20.3 Å². The first-order valence-electron chi connectivity index (χ1n) is 6.94. The van der Waals surface area contributed by atoms with Crippen LogP contribution in [0.3, 0.4) is 0 Å². The molecule has 19 heavy (non-hydrogen) atoms. The van der Waals surface area contributed by atoms with Crippen LogP contribution in [0.2, 0.25) is 0 Å². The van der Waals surface area contributed by atoms with Crippen molar-refractivity contribution in [3.8, 4) is 0 Å². The summed E-state index contributed by atoms with van der Waals surface area (Å²) in [6.45, 7) is 9.02. The number of rotatable bonds is 8. The Morgan fingerprint density at radius 2 is 2.11 bits per heavy atom. The van der Waals surface area contributed by atoms with E-state index in [1.165, 1.54) is 6.42 Å². The molecule has 1 rings (SSSR count). The first-order valence-corrected chi connectivity index (χ1v) is 6.94. The van der Waals surface area contributed by atoms with Crippen LogP contribution >= 0.6 is 0 Å². The molecule has 0 aliphatic rings. The molecule has 0 aliphatic carbocycles. The van der Waals surface area contributed by atoms with Crippen molar-refractivity contribution in [1.29, 1.82) is 0 Å². The Hall–Kier alpha value is -1.36. The van der Waals surface area contributed by atoms with Crippen molar-refractivity contribution in [2.75, 3.05) is 37.5 Å². The molecule has 1 atom stereocenters. The van der Waals surface area contributed by atoms with Gasteiger partial charge in [-0.25, -0.2) is 9.97 Å². The first-order chi connectivity index (χ1) is 9.14. The van der Waals surface area contributed by atoms with Gasteiger partial charge in [-0.2, -0.15) is 0 Å². The Morgan fingerprint density at radius 1 is 1.37 bits per heavy atom. The van der Waals surface area contributed by atoms with E-state index in [1.807, 2.05) is 13.1 Å². The fourth-order valence-electron chi connectivity index (χ4n) is 1.86. The van der Waals surface area contributed by atoms with Gasteiger partial charge in [0.15, 0.2) is 5.82 Å². The third kappa shape index (κ3) is 4.67. The van der Waals surface area contributed by atoms with Crippen LogP contribution < -0.4 is 10.2 Å².